The van der Waals surface area contributed by atoms with Crippen LogP contribution in [-0.2, 0) is 14.3 Å². The minimum absolute atomic E-state index is 0.0949. The third-order valence-electron chi connectivity index (χ3n) is 4.57. The van der Waals surface area contributed by atoms with Crippen molar-refractivity contribution in [2.45, 2.75) is 45.1 Å². The van der Waals surface area contributed by atoms with Gasteiger partial charge < -0.3 is 30.2 Å². The van der Waals surface area contributed by atoms with Gasteiger partial charge in [0.1, 0.15) is 30.6 Å². The average Bonchev–Trinajstić information content (AvgIpc) is 3.22. The van der Waals surface area contributed by atoms with Gasteiger partial charge in [0.25, 0.3) is 0 Å². The molecular weight excluding hydrogens is 362 g/mol. The number of rotatable bonds is 6. The number of aliphatic hydroxyl groups excluding tert-OH is 1. The quantitative estimate of drug-likeness (QED) is 0.489. The molecule has 1 amide bonds. The molecule has 1 saturated heterocycles. The molecule has 4 N–H and O–H groups in total. The van der Waals surface area contributed by atoms with E-state index in [1.807, 2.05) is 17.7 Å². The van der Waals surface area contributed by atoms with E-state index < -0.39 is 6.10 Å². The number of hydrogen-bond acceptors (Lipinski definition) is 7. The third-order valence-corrected chi connectivity index (χ3v) is 4.57. The maximum Gasteiger partial charge on any atom is 0.216 e. The summed E-state index contributed by atoms with van der Waals surface area (Å²) in [5.74, 6) is 6.23. The largest absolute Gasteiger partial charge is 0.390 e. The fraction of sp³-hybridized carbons (Fsp3) is 0.526. The number of nitrogens with two attached hydrogens (primary N) is 1. The highest BCUT2D eigenvalue weighted by molar-refractivity contribution is 5.92. The molecule has 9 heteroatoms. The zero-order valence-corrected chi connectivity index (χ0v) is 16.0. The Labute approximate surface area is 163 Å². The molecule has 2 aromatic rings. The van der Waals surface area contributed by atoms with Crippen molar-refractivity contribution in [1.29, 1.82) is 0 Å². The van der Waals surface area contributed by atoms with Crippen LogP contribution in [0.25, 0.3) is 11.0 Å². The molecule has 150 valence electrons. The van der Waals surface area contributed by atoms with E-state index in [0.717, 1.165) is 6.42 Å². The fourth-order valence-corrected chi connectivity index (χ4v) is 3.23. The molecule has 1 aliphatic rings. The zero-order chi connectivity index (χ0) is 20.1. The van der Waals surface area contributed by atoms with E-state index in [2.05, 4.69) is 27.1 Å². The number of nitrogen functional groups attached to an aromatic ring is 1. The van der Waals surface area contributed by atoms with Crippen LogP contribution in [0.4, 0.5) is 5.82 Å². The molecule has 0 saturated carbocycles. The zero-order valence-electron chi connectivity index (χ0n) is 16.0. The Hall–Kier alpha value is -2.67. The van der Waals surface area contributed by atoms with Crippen molar-refractivity contribution >= 4 is 22.8 Å². The van der Waals surface area contributed by atoms with Gasteiger partial charge in [-0.05, 0) is 6.42 Å². The Morgan fingerprint density at radius 2 is 2.36 bits per heavy atom. The Morgan fingerprint density at radius 3 is 3.07 bits per heavy atom. The summed E-state index contributed by atoms with van der Waals surface area (Å²) in [5.41, 5.74) is 7.35. The van der Waals surface area contributed by atoms with Crippen molar-refractivity contribution in [3.8, 4) is 11.8 Å². The van der Waals surface area contributed by atoms with E-state index in [4.69, 9.17) is 15.2 Å². The van der Waals surface area contributed by atoms with E-state index in [0.29, 0.717) is 42.0 Å². The molecule has 1 fully saturated rings. The first kappa shape index (κ1) is 20.1. The van der Waals surface area contributed by atoms with Gasteiger partial charge in [-0.25, -0.2) is 9.97 Å². The summed E-state index contributed by atoms with van der Waals surface area (Å²) in [7, 11) is 0. The monoisotopic (exact) mass is 387 g/mol. The molecule has 0 aliphatic carbocycles. The van der Waals surface area contributed by atoms with Gasteiger partial charge >= 0.3 is 0 Å². The maximum absolute atomic E-state index is 10.8. The van der Waals surface area contributed by atoms with Crippen LogP contribution in [0.2, 0.25) is 0 Å². The Morgan fingerprint density at radius 1 is 1.54 bits per heavy atom. The van der Waals surface area contributed by atoms with Crippen molar-refractivity contribution in [3.63, 3.8) is 0 Å². The minimum Gasteiger partial charge on any atom is -0.390 e. The van der Waals surface area contributed by atoms with E-state index in [-0.39, 0.29) is 24.8 Å². The molecule has 3 atom stereocenters. The normalized spacial score (nSPS) is 21.5. The lowest BCUT2D eigenvalue weighted by Gasteiger charge is -2.14. The number of aliphatic hydroxyl groups is 1. The van der Waals surface area contributed by atoms with Gasteiger partial charge in [-0.15, -0.1) is 0 Å². The van der Waals surface area contributed by atoms with Crippen LogP contribution >= 0.6 is 0 Å². The van der Waals surface area contributed by atoms with E-state index in [9.17, 15) is 9.90 Å². The lowest BCUT2D eigenvalue weighted by molar-refractivity contribution is -0.119. The van der Waals surface area contributed by atoms with E-state index >= 15 is 0 Å². The highest BCUT2D eigenvalue weighted by Gasteiger charge is 2.34. The number of fused-ring (bicyclic) bond motifs is 1. The second-order valence-corrected chi connectivity index (χ2v) is 6.59. The third kappa shape index (κ3) is 4.42. The molecule has 0 bridgehead atoms. The topological polar surface area (TPSA) is 125 Å². The van der Waals surface area contributed by atoms with Crippen molar-refractivity contribution in [3.05, 3.63) is 18.1 Å². The summed E-state index contributed by atoms with van der Waals surface area (Å²) in [6.45, 7) is 4.48. The number of hydrogen-bond donors (Lipinski definition) is 3. The van der Waals surface area contributed by atoms with Gasteiger partial charge in [0, 0.05) is 26.1 Å². The van der Waals surface area contributed by atoms with Crippen LogP contribution in [0.1, 0.15) is 38.5 Å². The first-order valence-corrected chi connectivity index (χ1v) is 9.26. The fourth-order valence-electron chi connectivity index (χ4n) is 3.23. The van der Waals surface area contributed by atoms with E-state index in [1.54, 1.807) is 0 Å². The molecule has 0 spiro atoms. The number of carbonyl (C=O) groups is 1. The molecule has 1 aliphatic heterocycles. The molecule has 0 radical (unpaired) electrons. The van der Waals surface area contributed by atoms with Crippen LogP contribution in [0.3, 0.4) is 0 Å². The molecule has 3 heterocycles. The summed E-state index contributed by atoms with van der Waals surface area (Å²) >= 11 is 0. The Bertz CT molecular complexity index is 901. The highest BCUT2D eigenvalue weighted by Crippen LogP contribution is 2.34. The van der Waals surface area contributed by atoms with Crippen molar-refractivity contribution in [1.82, 2.24) is 19.9 Å². The van der Waals surface area contributed by atoms with Crippen molar-refractivity contribution in [2.24, 2.45) is 0 Å². The second-order valence-electron chi connectivity index (χ2n) is 6.59. The van der Waals surface area contributed by atoms with Gasteiger partial charge in [-0.2, -0.15) is 0 Å². The number of nitrogens with one attached hydrogen (secondary N) is 1. The molecular formula is C19H25N5O4. The van der Waals surface area contributed by atoms with Crippen LogP contribution in [0.5, 0.6) is 0 Å². The molecule has 2 aromatic heterocycles. The SMILES string of the molecule is CCC1OC(n2cc(C#CCOCCNC(C)=O)c3c(N)ncnc32)CC1O. The first-order valence-electron chi connectivity index (χ1n) is 9.26. The van der Waals surface area contributed by atoms with Gasteiger partial charge in [-0.1, -0.05) is 18.8 Å². The van der Waals surface area contributed by atoms with Crippen LogP contribution in [0.15, 0.2) is 12.5 Å². The number of ether oxygens (including phenoxy) is 2. The van der Waals surface area contributed by atoms with Gasteiger partial charge in [0.15, 0.2) is 0 Å². The molecule has 0 aromatic carbocycles. The van der Waals surface area contributed by atoms with Gasteiger partial charge in [0.05, 0.1) is 29.8 Å². The summed E-state index contributed by atoms with van der Waals surface area (Å²) in [5, 5.41) is 13.5. The first-order chi connectivity index (χ1) is 13.5. The second kappa shape index (κ2) is 9.01. The molecule has 3 unspecified atom stereocenters. The summed E-state index contributed by atoms with van der Waals surface area (Å²) in [4.78, 5) is 19.2. The summed E-state index contributed by atoms with van der Waals surface area (Å²) < 4.78 is 13.2. The van der Waals surface area contributed by atoms with Gasteiger partial charge in [-0.3, -0.25) is 4.79 Å². The predicted octanol–water partition coefficient (Wildman–Crippen LogP) is 0.576. The van der Waals surface area contributed by atoms with Crippen LogP contribution < -0.4 is 11.1 Å². The summed E-state index contributed by atoms with van der Waals surface area (Å²) in [6, 6.07) is 0. The standard InChI is InChI=1S/C19H25N5O4/c1-3-15-14(26)9-16(28-15)24-10-13(17-18(20)22-11-23-19(17)24)5-4-7-27-8-6-21-12(2)25/h10-11,14-16,26H,3,6-9H2,1-2H3,(H,21,25)(H2,20,22,23). The minimum atomic E-state index is -0.516. The van der Waals surface area contributed by atoms with Gasteiger partial charge in [0.2, 0.25) is 5.91 Å². The number of carbonyl (C=O) groups excluding carboxylic acids is 1. The molecule has 9 nitrogen and oxygen atoms in total. The van der Waals surface area contributed by atoms with Crippen LogP contribution in [-0.4, -0.2) is 57.5 Å². The Balaban J connectivity index is 1.77. The van der Waals surface area contributed by atoms with Crippen molar-refractivity contribution in [2.75, 3.05) is 25.5 Å². The van der Waals surface area contributed by atoms with E-state index in [1.165, 1.54) is 13.3 Å². The number of amides is 1. The van der Waals surface area contributed by atoms with Crippen LogP contribution in [0, 0.1) is 11.8 Å². The average molecular weight is 387 g/mol. The number of anilines is 1. The molecule has 3 rings (SSSR count). The summed E-state index contributed by atoms with van der Waals surface area (Å²) in [6.07, 6.45) is 3.39. The predicted molar refractivity (Wildman–Crippen MR) is 103 cm³/mol. The maximum atomic E-state index is 10.8. The Kier molecular flexibility index (Phi) is 6.46. The van der Waals surface area contributed by atoms with Crippen molar-refractivity contribution < 1.29 is 19.4 Å². The smallest absolute Gasteiger partial charge is 0.216 e. The lowest BCUT2D eigenvalue weighted by Crippen LogP contribution is -2.24. The lowest BCUT2D eigenvalue weighted by atomic mass is 10.1. The highest BCUT2D eigenvalue weighted by atomic mass is 16.5. The number of nitrogens with zero attached hydrogens (tertiary/aromatic N) is 3. The molecule has 28 heavy (non-hydrogen) atoms. The number of aromatic nitrogens is 3.